The summed E-state index contributed by atoms with van der Waals surface area (Å²) in [6.45, 7) is 19.0. The van der Waals surface area contributed by atoms with E-state index in [4.69, 9.17) is 19.2 Å². The van der Waals surface area contributed by atoms with E-state index in [0.29, 0.717) is 13.1 Å². The van der Waals surface area contributed by atoms with E-state index in [2.05, 4.69) is 17.6 Å². The minimum absolute atomic E-state index is 0. The van der Waals surface area contributed by atoms with Gasteiger partial charge in [0.05, 0.1) is 31.9 Å². The number of hydrogen-bond donors (Lipinski definition) is 2. The molecule has 2 rings (SSSR count). The highest BCUT2D eigenvalue weighted by molar-refractivity contribution is 14.0. The zero-order valence-corrected chi connectivity index (χ0v) is 21.5. The van der Waals surface area contributed by atoms with Crippen LogP contribution in [0.5, 0.6) is 0 Å². The van der Waals surface area contributed by atoms with Crippen molar-refractivity contribution in [2.45, 2.75) is 78.9 Å². The summed E-state index contributed by atoms with van der Waals surface area (Å²) in [6.07, 6.45) is -0.495. The second kappa shape index (κ2) is 10.00. The van der Waals surface area contributed by atoms with E-state index in [9.17, 15) is 4.79 Å². The van der Waals surface area contributed by atoms with Crippen LogP contribution in [0.4, 0.5) is 4.79 Å². The van der Waals surface area contributed by atoms with Gasteiger partial charge in [0.15, 0.2) is 5.96 Å². The molecule has 0 saturated carbocycles. The molecular weight excluding hydrogens is 487 g/mol. The first kappa shape index (κ1) is 26.2. The summed E-state index contributed by atoms with van der Waals surface area (Å²) in [5, 5.41) is 6.64. The quantitative estimate of drug-likeness (QED) is 0.326. The molecule has 0 aromatic rings. The molecule has 0 aromatic heterocycles. The minimum atomic E-state index is -0.736. The third-order valence-electron chi connectivity index (χ3n) is 4.86. The summed E-state index contributed by atoms with van der Waals surface area (Å²) in [6, 6.07) is -0.170. The van der Waals surface area contributed by atoms with Crippen molar-refractivity contribution in [3.05, 3.63) is 0 Å². The zero-order chi connectivity index (χ0) is 21.2. The van der Waals surface area contributed by atoms with Crippen LogP contribution in [-0.2, 0) is 14.2 Å². The van der Waals surface area contributed by atoms with Crippen molar-refractivity contribution in [1.29, 1.82) is 0 Å². The van der Waals surface area contributed by atoms with Crippen molar-refractivity contribution < 1.29 is 19.0 Å². The van der Waals surface area contributed by atoms with Gasteiger partial charge in [-0.3, -0.25) is 9.89 Å². The normalized spacial score (nSPS) is 25.7. The monoisotopic (exact) mass is 526 g/mol. The number of aliphatic imine (C=N–C) groups is 1. The molecule has 2 atom stereocenters. The van der Waals surface area contributed by atoms with E-state index < -0.39 is 11.3 Å². The molecule has 29 heavy (non-hydrogen) atoms. The molecule has 0 aliphatic carbocycles. The lowest BCUT2D eigenvalue weighted by Crippen LogP contribution is -2.54. The number of guanidine groups is 1. The molecule has 0 aromatic carbocycles. The van der Waals surface area contributed by atoms with Gasteiger partial charge in [0.25, 0.3) is 0 Å². The first-order valence-corrected chi connectivity index (χ1v) is 10.2. The van der Waals surface area contributed by atoms with E-state index in [0.717, 1.165) is 25.7 Å². The second-order valence-corrected chi connectivity index (χ2v) is 9.57. The summed E-state index contributed by atoms with van der Waals surface area (Å²) < 4.78 is 17.0. The van der Waals surface area contributed by atoms with Crippen LogP contribution in [-0.4, -0.2) is 73.3 Å². The molecule has 2 heterocycles. The molecule has 2 aliphatic heterocycles. The van der Waals surface area contributed by atoms with Crippen LogP contribution in [0, 0.1) is 5.41 Å². The second-order valence-electron chi connectivity index (χ2n) is 9.57. The van der Waals surface area contributed by atoms with Crippen molar-refractivity contribution in [2.24, 2.45) is 10.4 Å². The maximum atomic E-state index is 12.8. The number of nitrogens with zero attached hydrogens (tertiary/aromatic N) is 2. The molecule has 0 bridgehead atoms. The van der Waals surface area contributed by atoms with Crippen LogP contribution in [0.1, 0.15) is 55.4 Å². The number of amides is 1. The van der Waals surface area contributed by atoms with Crippen LogP contribution in [0.15, 0.2) is 4.99 Å². The van der Waals surface area contributed by atoms with E-state index in [1.165, 1.54) is 0 Å². The molecule has 2 aliphatic rings. The fourth-order valence-corrected chi connectivity index (χ4v) is 3.48. The number of carbonyl (C=O) groups is 1. The Morgan fingerprint density at radius 2 is 1.86 bits per heavy atom. The van der Waals surface area contributed by atoms with E-state index in [1.54, 1.807) is 4.90 Å². The van der Waals surface area contributed by atoms with Gasteiger partial charge in [-0.05, 0) is 48.5 Å². The van der Waals surface area contributed by atoms with Crippen molar-refractivity contribution >= 4 is 36.0 Å². The highest BCUT2D eigenvalue weighted by atomic mass is 127. The van der Waals surface area contributed by atoms with E-state index in [-0.39, 0.29) is 47.6 Å². The molecular formula is C20H39IN4O4. The predicted molar refractivity (Wildman–Crippen MR) is 125 cm³/mol. The first-order valence-electron chi connectivity index (χ1n) is 10.2. The van der Waals surface area contributed by atoms with Gasteiger partial charge in [0.2, 0.25) is 0 Å². The summed E-state index contributed by atoms with van der Waals surface area (Å²) in [5.41, 5.74) is -1.19. The van der Waals surface area contributed by atoms with Crippen molar-refractivity contribution in [1.82, 2.24) is 15.5 Å². The molecule has 2 N–H and O–H groups in total. The number of nitrogens with one attached hydrogen (secondary N) is 2. The maximum Gasteiger partial charge on any atom is 0.412 e. The Morgan fingerprint density at radius 1 is 1.24 bits per heavy atom. The summed E-state index contributed by atoms with van der Waals surface area (Å²) >= 11 is 0. The topological polar surface area (TPSA) is 84.4 Å². The van der Waals surface area contributed by atoms with Crippen molar-refractivity contribution in [3.8, 4) is 0 Å². The standard InChI is InChI=1S/C20H38N4O4.HI/c1-9-21-16(23-11-20(8)12-26-13-20)22-10-15-14(2)27-19(6,7)24(15)17(25)28-18(3,4)5;/h14-15H,9-13H2,1-8H3,(H2,21,22,23);1H. The first-order chi connectivity index (χ1) is 12.9. The molecule has 0 spiro atoms. The molecule has 2 saturated heterocycles. The molecule has 170 valence electrons. The molecule has 2 unspecified atom stereocenters. The predicted octanol–water partition coefficient (Wildman–Crippen LogP) is 2.96. The Labute approximate surface area is 192 Å². The molecule has 0 radical (unpaired) electrons. The molecule has 1 amide bonds. The molecule has 8 nitrogen and oxygen atoms in total. The lowest BCUT2D eigenvalue weighted by molar-refractivity contribution is -0.0945. The molecule has 9 heteroatoms. The third-order valence-corrected chi connectivity index (χ3v) is 4.86. The van der Waals surface area contributed by atoms with Crippen molar-refractivity contribution in [2.75, 3.05) is 32.8 Å². The van der Waals surface area contributed by atoms with Gasteiger partial charge < -0.3 is 24.8 Å². The van der Waals surface area contributed by atoms with Gasteiger partial charge in [-0.2, -0.15) is 0 Å². The number of hydrogen-bond acceptors (Lipinski definition) is 5. The smallest absolute Gasteiger partial charge is 0.412 e. The average molecular weight is 526 g/mol. The highest BCUT2D eigenvalue weighted by Crippen LogP contribution is 2.33. The zero-order valence-electron chi connectivity index (χ0n) is 19.1. The minimum Gasteiger partial charge on any atom is -0.444 e. The van der Waals surface area contributed by atoms with Crippen LogP contribution in [0.2, 0.25) is 0 Å². The van der Waals surface area contributed by atoms with E-state index in [1.807, 2.05) is 48.5 Å². The Hall–Kier alpha value is -0.810. The fraction of sp³-hybridized carbons (Fsp3) is 0.900. The van der Waals surface area contributed by atoms with Gasteiger partial charge in [-0.15, -0.1) is 24.0 Å². The van der Waals surface area contributed by atoms with Gasteiger partial charge in [-0.25, -0.2) is 4.79 Å². The summed E-state index contributed by atoms with van der Waals surface area (Å²) in [7, 11) is 0. The van der Waals surface area contributed by atoms with Gasteiger partial charge >= 0.3 is 6.09 Å². The summed E-state index contributed by atoms with van der Waals surface area (Å²) in [4.78, 5) is 19.2. The fourth-order valence-electron chi connectivity index (χ4n) is 3.48. The van der Waals surface area contributed by atoms with Crippen LogP contribution < -0.4 is 10.6 Å². The Bertz CT molecular complexity index is 588. The molecule has 2 fully saturated rings. The Morgan fingerprint density at radius 3 is 2.34 bits per heavy atom. The number of halogens is 1. The number of rotatable bonds is 5. The summed E-state index contributed by atoms with van der Waals surface area (Å²) in [5.74, 6) is 0.733. The van der Waals surface area contributed by atoms with Crippen LogP contribution >= 0.6 is 24.0 Å². The highest BCUT2D eigenvalue weighted by Gasteiger charge is 2.49. The largest absolute Gasteiger partial charge is 0.444 e. The number of ether oxygens (including phenoxy) is 3. The Kier molecular flexibility index (Phi) is 9.04. The third kappa shape index (κ3) is 7.13. The lowest BCUT2D eigenvalue weighted by Gasteiger charge is -2.37. The van der Waals surface area contributed by atoms with Gasteiger partial charge in [0.1, 0.15) is 11.3 Å². The lowest BCUT2D eigenvalue weighted by atomic mass is 9.89. The van der Waals surface area contributed by atoms with Crippen LogP contribution in [0.25, 0.3) is 0 Å². The van der Waals surface area contributed by atoms with Gasteiger partial charge in [-0.1, -0.05) is 6.92 Å². The van der Waals surface area contributed by atoms with E-state index >= 15 is 0 Å². The Balaban J connectivity index is 0.00000420. The SMILES string of the molecule is CCNC(=NCC1(C)COC1)NCC1C(C)OC(C)(C)N1C(=O)OC(C)(C)C.I. The maximum absolute atomic E-state index is 12.8. The van der Waals surface area contributed by atoms with Crippen molar-refractivity contribution in [3.63, 3.8) is 0 Å². The average Bonchev–Trinajstić information content (AvgIpc) is 2.74. The number of carbonyl (C=O) groups excluding carboxylic acids is 1. The van der Waals surface area contributed by atoms with Gasteiger partial charge in [0, 0.05) is 18.5 Å². The van der Waals surface area contributed by atoms with Crippen LogP contribution in [0.3, 0.4) is 0 Å².